The summed E-state index contributed by atoms with van der Waals surface area (Å²) < 4.78 is 0. The average molecular weight is 218 g/mol. The second-order valence-corrected chi connectivity index (χ2v) is 5.29. The molecular formula is C14H18O2. The minimum absolute atomic E-state index is 0.00364. The van der Waals surface area contributed by atoms with Gasteiger partial charge in [0.05, 0.1) is 0 Å². The molecule has 0 fully saturated rings. The van der Waals surface area contributed by atoms with E-state index in [1.54, 1.807) is 24.3 Å². The number of hydrogen-bond donors (Lipinski definition) is 0. The third kappa shape index (κ3) is 3.61. The summed E-state index contributed by atoms with van der Waals surface area (Å²) in [5, 5.41) is 0. The second kappa shape index (κ2) is 4.60. The number of benzene rings is 1. The zero-order chi connectivity index (χ0) is 12.3. The fourth-order valence-corrected chi connectivity index (χ4v) is 1.47. The quantitative estimate of drug-likeness (QED) is 0.727. The highest BCUT2D eigenvalue weighted by Gasteiger charge is 2.17. The van der Waals surface area contributed by atoms with Crippen molar-refractivity contribution in [3.8, 4) is 0 Å². The lowest BCUT2D eigenvalue weighted by Gasteiger charge is -2.16. The van der Waals surface area contributed by atoms with Crippen molar-refractivity contribution in [2.75, 3.05) is 0 Å². The van der Waals surface area contributed by atoms with Crippen molar-refractivity contribution in [2.24, 2.45) is 5.41 Å². The lowest BCUT2D eigenvalue weighted by atomic mass is 9.87. The van der Waals surface area contributed by atoms with Gasteiger partial charge in [0.25, 0.3) is 0 Å². The maximum Gasteiger partial charge on any atom is 0.163 e. The zero-order valence-corrected chi connectivity index (χ0v) is 10.3. The van der Waals surface area contributed by atoms with E-state index >= 15 is 0 Å². The molecule has 0 aromatic heterocycles. The second-order valence-electron chi connectivity index (χ2n) is 5.29. The Balaban J connectivity index is 2.82. The van der Waals surface area contributed by atoms with E-state index in [1.807, 2.05) is 20.8 Å². The van der Waals surface area contributed by atoms with Crippen LogP contribution in [-0.4, -0.2) is 11.6 Å². The summed E-state index contributed by atoms with van der Waals surface area (Å²) in [4.78, 5) is 22.9. The number of Topliss-reactive ketones (excluding diaryl/α,β-unsaturated/α-hetero) is 2. The summed E-state index contributed by atoms with van der Waals surface area (Å²) >= 11 is 0. The lowest BCUT2D eigenvalue weighted by molar-refractivity contribution is 0.0938. The topological polar surface area (TPSA) is 34.1 Å². The molecule has 1 aromatic carbocycles. The molecule has 0 bridgehead atoms. The number of carbonyl (C=O) groups is 2. The summed E-state index contributed by atoms with van der Waals surface area (Å²) in [6, 6.07) is 6.87. The molecule has 0 saturated heterocycles. The molecule has 2 nitrogen and oxygen atoms in total. The molecular weight excluding hydrogens is 200 g/mol. The van der Waals surface area contributed by atoms with Crippen molar-refractivity contribution in [2.45, 2.75) is 34.1 Å². The van der Waals surface area contributed by atoms with Crippen LogP contribution in [0.3, 0.4) is 0 Å². The van der Waals surface area contributed by atoms with Crippen LogP contribution < -0.4 is 0 Å². The van der Waals surface area contributed by atoms with Gasteiger partial charge in [-0.25, -0.2) is 0 Å². The molecule has 2 heteroatoms. The number of hydrogen-bond acceptors (Lipinski definition) is 2. The molecule has 1 rings (SSSR count). The van der Waals surface area contributed by atoms with Crippen molar-refractivity contribution in [1.29, 1.82) is 0 Å². The third-order valence-corrected chi connectivity index (χ3v) is 2.30. The van der Waals surface area contributed by atoms with E-state index in [2.05, 4.69) is 0 Å². The Labute approximate surface area is 96.7 Å². The minimum atomic E-state index is -0.00364. The molecule has 86 valence electrons. The van der Waals surface area contributed by atoms with Gasteiger partial charge in [-0.15, -0.1) is 0 Å². The largest absolute Gasteiger partial charge is 0.295 e. The van der Waals surface area contributed by atoms with Gasteiger partial charge in [0.15, 0.2) is 11.6 Å². The van der Waals surface area contributed by atoms with Crippen molar-refractivity contribution >= 4 is 11.6 Å². The average Bonchev–Trinajstić information content (AvgIpc) is 2.15. The highest BCUT2D eigenvalue weighted by Crippen LogP contribution is 2.21. The van der Waals surface area contributed by atoms with E-state index in [1.165, 1.54) is 6.92 Å². The first-order chi connectivity index (χ1) is 7.29. The fraction of sp³-hybridized carbons (Fsp3) is 0.429. The molecule has 0 saturated carbocycles. The highest BCUT2D eigenvalue weighted by atomic mass is 16.1. The predicted octanol–water partition coefficient (Wildman–Crippen LogP) is 3.51. The SMILES string of the molecule is CC(=O)c1ccc(C(=O)CC(C)(C)C)cc1. The predicted molar refractivity (Wildman–Crippen MR) is 64.8 cm³/mol. The van der Waals surface area contributed by atoms with Crippen LogP contribution in [0.2, 0.25) is 0 Å². The maximum absolute atomic E-state index is 11.9. The van der Waals surface area contributed by atoms with Crippen molar-refractivity contribution in [3.63, 3.8) is 0 Å². The van der Waals surface area contributed by atoms with Gasteiger partial charge in [0.2, 0.25) is 0 Å². The van der Waals surface area contributed by atoms with Crippen LogP contribution in [0, 0.1) is 5.41 Å². The van der Waals surface area contributed by atoms with Gasteiger partial charge >= 0.3 is 0 Å². The molecule has 0 aliphatic heterocycles. The standard InChI is InChI=1S/C14H18O2/c1-10(15)11-5-7-12(8-6-11)13(16)9-14(2,3)4/h5-8H,9H2,1-4H3. The zero-order valence-electron chi connectivity index (χ0n) is 10.3. The molecule has 0 N–H and O–H groups in total. The van der Waals surface area contributed by atoms with E-state index in [-0.39, 0.29) is 17.0 Å². The Morgan fingerprint density at radius 2 is 1.44 bits per heavy atom. The van der Waals surface area contributed by atoms with Crippen molar-refractivity contribution < 1.29 is 9.59 Å². The fourth-order valence-electron chi connectivity index (χ4n) is 1.47. The summed E-state index contributed by atoms with van der Waals surface area (Å²) in [5.74, 6) is 0.150. The Hall–Kier alpha value is -1.44. The van der Waals surface area contributed by atoms with E-state index in [0.29, 0.717) is 17.5 Å². The first-order valence-electron chi connectivity index (χ1n) is 5.44. The molecule has 0 aliphatic carbocycles. The Kier molecular flexibility index (Phi) is 3.63. The van der Waals surface area contributed by atoms with E-state index in [9.17, 15) is 9.59 Å². The van der Waals surface area contributed by atoms with Crippen LogP contribution in [0.15, 0.2) is 24.3 Å². The first kappa shape index (κ1) is 12.6. The Morgan fingerprint density at radius 3 is 1.81 bits per heavy atom. The Morgan fingerprint density at radius 1 is 1.00 bits per heavy atom. The van der Waals surface area contributed by atoms with Crippen LogP contribution >= 0.6 is 0 Å². The van der Waals surface area contributed by atoms with Crippen LogP contribution in [0.25, 0.3) is 0 Å². The summed E-state index contributed by atoms with van der Waals surface area (Å²) in [6.07, 6.45) is 0.520. The van der Waals surface area contributed by atoms with Gasteiger partial charge in [-0.05, 0) is 12.3 Å². The highest BCUT2D eigenvalue weighted by molar-refractivity contribution is 5.98. The van der Waals surface area contributed by atoms with Gasteiger partial charge < -0.3 is 0 Å². The molecule has 0 atom stereocenters. The van der Waals surface area contributed by atoms with Gasteiger partial charge in [-0.3, -0.25) is 9.59 Å². The van der Waals surface area contributed by atoms with Crippen LogP contribution in [-0.2, 0) is 0 Å². The van der Waals surface area contributed by atoms with E-state index in [4.69, 9.17) is 0 Å². The first-order valence-corrected chi connectivity index (χ1v) is 5.44. The summed E-state index contributed by atoms with van der Waals surface area (Å²) in [5.41, 5.74) is 1.32. The van der Waals surface area contributed by atoms with Crippen LogP contribution in [0.5, 0.6) is 0 Å². The normalized spacial score (nSPS) is 11.2. The summed E-state index contributed by atoms with van der Waals surface area (Å²) in [7, 11) is 0. The van der Waals surface area contributed by atoms with Gasteiger partial charge in [-0.1, -0.05) is 45.0 Å². The monoisotopic (exact) mass is 218 g/mol. The maximum atomic E-state index is 11.9. The summed E-state index contributed by atoms with van der Waals surface area (Å²) in [6.45, 7) is 7.63. The van der Waals surface area contributed by atoms with Gasteiger partial charge in [0, 0.05) is 17.5 Å². The smallest absolute Gasteiger partial charge is 0.163 e. The van der Waals surface area contributed by atoms with Crippen LogP contribution in [0.4, 0.5) is 0 Å². The lowest BCUT2D eigenvalue weighted by Crippen LogP contribution is -2.13. The van der Waals surface area contributed by atoms with Crippen molar-refractivity contribution in [3.05, 3.63) is 35.4 Å². The van der Waals surface area contributed by atoms with Crippen LogP contribution in [0.1, 0.15) is 54.8 Å². The molecule has 0 spiro atoms. The number of ketones is 2. The minimum Gasteiger partial charge on any atom is -0.295 e. The van der Waals surface area contributed by atoms with E-state index in [0.717, 1.165) is 0 Å². The molecule has 0 unspecified atom stereocenters. The molecule has 16 heavy (non-hydrogen) atoms. The number of carbonyl (C=O) groups excluding carboxylic acids is 2. The molecule has 0 amide bonds. The van der Waals surface area contributed by atoms with Crippen molar-refractivity contribution in [1.82, 2.24) is 0 Å². The van der Waals surface area contributed by atoms with E-state index < -0.39 is 0 Å². The van der Waals surface area contributed by atoms with Gasteiger partial charge in [0.1, 0.15) is 0 Å². The third-order valence-electron chi connectivity index (χ3n) is 2.30. The molecule has 0 aliphatic rings. The number of rotatable bonds is 3. The van der Waals surface area contributed by atoms with Gasteiger partial charge in [-0.2, -0.15) is 0 Å². The Bertz CT molecular complexity index is 394. The molecule has 0 heterocycles. The molecule has 1 aromatic rings. The molecule has 0 radical (unpaired) electrons.